The molecule has 2 atom stereocenters. The van der Waals surface area contributed by atoms with E-state index in [2.05, 4.69) is 55.0 Å². The number of pyridine rings is 1. The zero-order valence-electron chi connectivity index (χ0n) is 30.1. The molecule has 14 heteroatoms. The number of aromatic nitrogens is 3. The first-order chi connectivity index (χ1) is 25.9. The van der Waals surface area contributed by atoms with Gasteiger partial charge in [-0.15, -0.1) is 11.3 Å². The SMILES string of the molecule is CC(C)(C)CC(O[SiH](c1ccccc1)c1ccccc1)C1CN(S(=O)(=O)c2cc3ccc(Cl)cc3s2)CCN1C(=O)c1ncc(-c2cccc[n+]2[O-])cn1. The van der Waals surface area contributed by atoms with E-state index in [0.29, 0.717) is 22.7 Å². The van der Waals surface area contributed by atoms with Crippen molar-refractivity contribution in [1.82, 2.24) is 19.2 Å². The molecule has 1 aliphatic rings. The van der Waals surface area contributed by atoms with Crippen molar-refractivity contribution in [3.05, 3.63) is 138 Å². The van der Waals surface area contributed by atoms with Crippen molar-refractivity contribution in [2.45, 2.75) is 43.5 Å². The Labute approximate surface area is 326 Å². The normalized spacial score (nSPS) is 16.2. The molecular weight excluding hydrogens is 758 g/mol. The van der Waals surface area contributed by atoms with Crippen LogP contribution in [0.25, 0.3) is 21.3 Å². The van der Waals surface area contributed by atoms with Gasteiger partial charge < -0.3 is 14.5 Å². The number of benzene rings is 3. The molecule has 4 heterocycles. The van der Waals surface area contributed by atoms with Crippen molar-refractivity contribution in [2.75, 3.05) is 19.6 Å². The van der Waals surface area contributed by atoms with Gasteiger partial charge in [0, 0.05) is 53.9 Å². The van der Waals surface area contributed by atoms with Crippen molar-refractivity contribution < 1.29 is 22.4 Å². The molecule has 278 valence electrons. The quantitative estimate of drug-likeness (QED) is 0.102. The molecule has 54 heavy (non-hydrogen) atoms. The number of carbonyl (C=O) groups excluding carboxylic acids is 1. The van der Waals surface area contributed by atoms with Crippen LogP contribution < -0.4 is 15.1 Å². The van der Waals surface area contributed by atoms with Crippen molar-refractivity contribution in [2.24, 2.45) is 5.41 Å². The highest BCUT2D eigenvalue weighted by molar-refractivity contribution is 7.91. The molecule has 0 radical (unpaired) electrons. The number of amides is 1. The van der Waals surface area contributed by atoms with E-state index in [1.165, 1.54) is 34.2 Å². The fraction of sp³-hybridized carbons (Fsp3) is 0.250. The molecule has 1 amide bonds. The van der Waals surface area contributed by atoms with Crippen LogP contribution in [0.2, 0.25) is 5.02 Å². The zero-order valence-corrected chi connectivity index (χ0v) is 33.6. The summed E-state index contributed by atoms with van der Waals surface area (Å²) in [5.41, 5.74) is 0.569. The Morgan fingerprint density at radius 1 is 0.963 bits per heavy atom. The summed E-state index contributed by atoms with van der Waals surface area (Å²) in [6.07, 6.45) is 4.29. The third-order valence-electron chi connectivity index (χ3n) is 9.42. The van der Waals surface area contributed by atoms with E-state index in [-0.39, 0.29) is 35.1 Å². The Morgan fingerprint density at radius 3 is 2.24 bits per heavy atom. The number of carbonyl (C=O) groups is 1. The van der Waals surface area contributed by atoms with E-state index in [0.717, 1.165) is 25.2 Å². The third-order valence-corrected chi connectivity index (χ3v) is 15.7. The van der Waals surface area contributed by atoms with Crippen LogP contribution in [-0.2, 0) is 14.4 Å². The van der Waals surface area contributed by atoms with Gasteiger partial charge in [0.2, 0.25) is 20.6 Å². The predicted molar refractivity (Wildman–Crippen MR) is 215 cm³/mol. The number of piperazine rings is 1. The number of rotatable bonds is 10. The molecule has 0 aliphatic carbocycles. The van der Waals surface area contributed by atoms with Gasteiger partial charge in [0.1, 0.15) is 4.21 Å². The van der Waals surface area contributed by atoms with Crippen LogP contribution in [0.1, 0.15) is 37.8 Å². The molecule has 10 nitrogen and oxygen atoms in total. The van der Waals surface area contributed by atoms with Gasteiger partial charge in [-0.05, 0) is 51.9 Å². The third kappa shape index (κ3) is 8.26. The average molecular weight is 798 g/mol. The maximum absolute atomic E-state index is 14.5. The predicted octanol–water partition coefficient (Wildman–Crippen LogP) is 5.52. The van der Waals surface area contributed by atoms with Gasteiger partial charge in [-0.3, -0.25) is 4.79 Å². The Bertz CT molecular complexity index is 2320. The molecule has 3 aromatic carbocycles. The van der Waals surface area contributed by atoms with E-state index >= 15 is 0 Å². The van der Waals surface area contributed by atoms with Crippen LogP contribution in [-0.4, -0.2) is 74.3 Å². The van der Waals surface area contributed by atoms with Crippen molar-refractivity contribution in [3.63, 3.8) is 0 Å². The molecule has 0 N–H and O–H groups in total. The molecule has 0 saturated carbocycles. The highest BCUT2D eigenvalue weighted by Crippen LogP contribution is 2.35. The second kappa shape index (κ2) is 15.7. The monoisotopic (exact) mass is 797 g/mol. The lowest BCUT2D eigenvalue weighted by Crippen LogP contribution is -2.63. The Balaban J connectivity index is 1.28. The minimum Gasteiger partial charge on any atom is -0.618 e. The molecule has 0 spiro atoms. The minimum absolute atomic E-state index is 0.00675. The molecule has 1 aliphatic heterocycles. The lowest BCUT2D eigenvalue weighted by Gasteiger charge is -2.45. The molecule has 0 bridgehead atoms. The maximum atomic E-state index is 14.5. The van der Waals surface area contributed by atoms with Crippen molar-refractivity contribution in [3.8, 4) is 11.3 Å². The Kier molecular flexibility index (Phi) is 11.0. The second-order valence-corrected chi connectivity index (χ2v) is 20.6. The number of sulfonamides is 1. The summed E-state index contributed by atoms with van der Waals surface area (Å²) < 4.78 is 39.3. The number of fused-ring (bicyclic) bond motifs is 1. The lowest BCUT2D eigenvalue weighted by atomic mass is 9.86. The number of thiophene rings is 1. The van der Waals surface area contributed by atoms with Crippen LogP contribution in [0.4, 0.5) is 0 Å². The number of nitrogens with zero attached hydrogens (tertiary/aromatic N) is 5. The highest BCUT2D eigenvalue weighted by Gasteiger charge is 2.44. The fourth-order valence-electron chi connectivity index (χ4n) is 6.82. The van der Waals surface area contributed by atoms with Gasteiger partial charge in [0.25, 0.3) is 15.9 Å². The number of hydrogen-bond donors (Lipinski definition) is 0. The van der Waals surface area contributed by atoms with Gasteiger partial charge in [-0.2, -0.15) is 9.04 Å². The highest BCUT2D eigenvalue weighted by atomic mass is 35.5. The number of halogens is 1. The topological polar surface area (TPSA) is 120 Å². The Morgan fingerprint density at radius 2 is 1.61 bits per heavy atom. The van der Waals surface area contributed by atoms with Gasteiger partial charge in [0.05, 0.1) is 17.7 Å². The standard InChI is InChI=1S/C40H40ClN5O5S2Si/c1-40(2,3)24-35(51-54(31-12-6-4-7-13-31)32-14-8-5-9-15-32)34-27-44(53(49,50)37-22-28-17-18-30(41)23-36(28)52-37)20-21-45(34)39(47)38-42-25-29(26-43-38)33-16-10-11-19-46(33)48/h4-19,22-23,25-26,34-35,54H,20-21,24,27H2,1-3H3. The van der Waals surface area contributed by atoms with Crippen LogP contribution in [0, 0.1) is 10.6 Å². The smallest absolute Gasteiger partial charge is 0.292 e. The van der Waals surface area contributed by atoms with E-state index in [1.54, 1.807) is 41.3 Å². The summed E-state index contributed by atoms with van der Waals surface area (Å²) in [6.45, 7) is 6.52. The van der Waals surface area contributed by atoms with E-state index in [1.807, 2.05) is 42.5 Å². The molecule has 1 fully saturated rings. The molecule has 1 saturated heterocycles. The van der Waals surface area contributed by atoms with Crippen LogP contribution in [0.3, 0.4) is 0 Å². The average Bonchev–Trinajstić information content (AvgIpc) is 3.61. The first kappa shape index (κ1) is 37.8. The van der Waals surface area contributed by atoms with Gasteiger partial charge in [0.15, 0.2) is 6.20 Å². The van der Waals surface area contributed by atoms with Crippen LogP contribution >= 0.6 is 22.9 Å². The first-order valence-electron chi connectivity index (χ1n) is 17.6. The summed E-state index contributed by atoms with van der Waals surface area (Å²) >= 11 is 7.42. The lowest BCUT2D eigenvalue weighted by molar-refractivity contribution is -0.593. The maximum Gasteiger partial charge on any atom is 0.292 e. The molecule has 2 unspecified atom stereocenters. The summed E-state index contributed by atoms with van der Waals surface area (Å²) in [6, 6.07) is 31.5. The largest absolute Gasteiger partial charge is 0.618 e. The second-order valence-electron chi connectivity index (χ2n) is 14.5. The van der Waals surface area contributed by atoms with Crippen LogP contribution in [0.5, 0.6) is 0 Å². The van der Waals surface area contributed by atoms with Crippen molar-refractivity contribution >= 4 is 68.4 Å². The first-order valence-corrected chi connectivity index (χ1v) is 21.9. The molecule has 6 aromatic rings. The fourth-order valence-corrected chi connectivity index (χ4v) is 12.6. The number of hydrogen-bond acceptors (Lipinski definition) is 8. The van der Waals surface area contributed by atoms with Gasteiger partial charge in [-0.1, -0.05) is 99.1 Å². The summed E-state index contributed by atoms with van der Waals surface area (Å²) in [5.74, 6) is -0.493. The molecule has 3 aromatic heterocycles. The van der Waals surface area contributed by atoms with E-state index in [4.69, 9.17) is 16.0 Å². The summed E-state index contributed by atoms with van der Waals surface area (Å²) in [5, 5.41) is 15.9. The van der Waals surface area contributed by atoms with Crippen LogP contribution in [0.15, 0.2) is 126 Å². The molecular formula is C40H40ClN5O5S2Si. The van der Waals surface area contributed by atoms with Crippen molar-refractivity contribution in [1.29, 1.82) is 0 Å². The van der Waals surface area contributed by atoms with E-state index < -0.39 is 37.1 Å². The van der Waals surface area contributed by atoms with Gasteiger partial charge in [-0.25, -0.2) is 18.4 Å². The van der Waals surface area contributed by atoms with Gasteiger partial charge >= 0.3 is 0 Å². The summed E-state index contributed by atoms with van der Waals surface area (Å²) in [7, 11) is -6.34. The zero-order chi connectivity index (χ0) is 38.0. The summed E-state index contributed by atoms with van der Waals surface area (Å²) in [4.78, 5) is 25.0. The van der Waals surface area contributed by atoms with E-state index in [9.17, 15) is 18.4 Å². The Hall–Kier alpha value is -4.50. The molecule has 7 rings (SSSR count). The minimum atomic E-state index is -3.97.